The third-order valence-corrected chi connectivity index (χ3v) is 5.17. The maximum Gasteiger partial charge on any atom is 0.305 e. The number of nitrogens with one attached hydrogen (secondary N) is 2. The highest BCUT2D eigenvalue weighted by Gasteiger charge is 2.37. The number of carboxylic acids is 1. The van der Waals surface area contributed by atoms with Gasteiger partial charge in [-0.25, -0.2) is 8.78 Å². The molecule has 12 heteroatoms. The van der Waals surface area contributed by atoms with E-state index in [9.17, 15) is 32.8 Å². The number of aliphatic carboxylic acids is 1. The maximum atomic E-state index is 14.2. The number of hydrogen-bond acceptors (Lipinski definition) is 6. The summed E-state index contributed by atoms with van der Waals surface area (Å²) >= 11 is 0. The van der Waals surface area contributed by atoms with E-state index in [0.717, 1.165) is 12.1 Å². The first-order valence-corrected chi connectivity index (χ1v) is 10.2. The van der Waals surface area contributed by atoms with Gasteiger partial charge in [0.15, 0.2) is 0 Å². The summed E-state index contributed by atoms with van der Waals surface area (Å²) in [7, 11) is 2.90. The van der Waals surface area contributed by atoms with Crippen LogP contribution in [0.3, 0.4) is 0 Å². The summed E-state index contributed by atoms with van der Waals surface area (Å²) in [4.78, 5) is 62.1. The van der Waals surface area contributed by atoms with Gasteiger partial charge in [0, 0.05) is 26.2 Å². The van der Waals surface area contributed by atoms with Crippen molar-refractivity contribution in [3.63, 3.8) is 0 Å². The number of carbonyl (C=O) groups is 5. The zero-order valence-electron chi connectivity index (χ0n) is 18.4. The Morgan fingerprint density at radius 3 is 2.33 bits per heavy atom. The summed E-state index contributed by atoms with van der Waals surface area (Å²) in [6.07, 6.45) is 0.481. The molecule has 1 aliphatic heterocycles. The molecule has 1 fully saturated rings. The van der Waals surface area contributed by atoms with Gasteiger partial charge in [-0.3, -0.25) is 19.2 Å². The Morgan fingerprint density at radius 2 is 1.82 bits per heavy atom. The monoisotopic (exact) mass is 468 g/mol. The van der Waals surface area contributed by atoms with Crippen LogP contribution in [0.1, 0.15) is 36.5 Å². The number of nitrogens with zero attached hydrogens (tertiary/aromatic N) is 2. The van der Waals surface area contributed by atoms with Crippen LogP contribution < -0.4 is 15.5 Å². The van der Waals surface area contributed by atoms with Crippen LogP contribution in [0.4, 0.5) is 14.5 Å². The van der Waals surface area contributed by atoms with Crippen LogP contribution in [0.15, 0.2) is 12.1 Å². The second-order valence-corrected chi connectivity index (χ2v) is 7.92. The van der Waals surface area contributed by atoms with Crippen LogP contribution >= 0.6 is 0 Å². The summed E-state index contributed by atoms with van der Waals surface area (Å²) in [6.45, 7) is 1.58. The molecule has 1 aromatic carbocycles. The fourth-order valence-corrected chi connectivity index (χ4v) is 3.62. The molecule has 0 aliphatic carbocycles. The average Bonchev–Trinajstić information content (AvgIpc) is 3.21. The van der Waals surface area contributed by atoms with Crippen molar-refractivity contribution >= 4 is 35.7 Å². The van der Waals surface area contributed by atoms with Crippen molar-refractivity contribution in [1.82, 2.24) is 15.5 Å². The van der Waals surface area contributed by atoms with Crippen LogP contribution in [0, 0.1) is 11.6 Å². The van der Waals surface area contributed by atoms with Gasteiger partial charge in [0.1, 0.15) is 35.7 Å². The van der Waals surface area contributed by atoms with E-state index in [-0.39, 0.29) is 17.8 Å². The smallest absolute Gasteiger partial charge is 0.305 e. The predicted octanol–water partition coefficient (Wildman–Crippen LogP) is 0.299. The third-order valence-electron chi connectivity index (χ3n) is 5.17. The molecule has 1 aliphatic rings. The summed E-state index contributed by atoms with van der Waals surface area (Å²) < 4.78 is 28.3. The molecule has 33 heavy (non-hydrogen) atoms. The van der Waals surface area contributed by atoms with Gasteiger partial charge in [0.05, 0.1) is 12.5 Å². The van der Waals surface area contributed by atoms with E-state index < -0.39 is 59.9 Å². The van der Waals surface area contributed by atoms with E-state index in [1.54, 1.807) is 0 Å². The molecule has 3 N–H and O–H groups in total. The highest BCUT2D eigenvalue weighted by Crippen LogP contribution is 2.23. The number of carbonyl (C=O) groups excluding carboxylic acids is 4. The van der Waals surface area contributed by atoms with Gasteiger partial charge in [-0.2, -0.15) is 0 Å². The Kier molecular flexibility index (Phi) is 8.44. The summed E-state index contributed by atoms with van der Waals surface area (Å²) in [6, 6.07) is -1.58. The molecule has 2 rings (SSSR count). The zero-order chi connectivity index (χ0) is 24.9. The normalized spacial score (nSPS) is 17.1. The molecule has 0 bridgehead atoms. The summed E-state index contributed by atoms with van der Waals surface area (Å²) in [5, 5.41) is 13.5. The third kappa shape index (κ3) is 6.24. The number of aldehydes is 1. The van der Waals surface area contributed by atoms with Crippen molar-refractivity contribution in [1.29, 1.82) is 0 Å². The number of likely N-dealkylation sites (tertiary alicyclic amines) is 1. The predicted molar refractivity (Wildman–Crippen MR) is 113 cm³/mol. The van der Waals surface area contributed by atoms with Gasteiger partial charge < -0.3 is 30.3 Å². The van der Waals surface area contributed by atoms with Crippen LogP contribution in [-0.2, 0) is 19.2 Å². The van der Waals surface area contributed by atoms with Crippen LogP contribution in [-0.4, -0.2) is 78.7 Å². The minimum atomic E-state index is -1.27. The molecule has 0 radical (unpaired) electrons. The van der Waals surface area contributed by atoms with Crippen molar-refractivity contribution in [2.24, 2.45) is 0 Å². The minimum Gasteiger partial charge on any atom is -0.481 e. The Bertz CT molecular complexity index is 932. The largest absolute Gasteiger partial charge is 0.481 e. The van der Waals surface area contributed by atoms with Gasteiger partial charge in [-0.1, -0.05) is 0 Å². The number of anilines is 1. The Morgan fingerprint density at radius 1 is 1.21 bits per heavy atom. The van der Waals surface area contributed by atoms with Gasteiger partial charge in [-0.15, -0.1) is 0 Å². The number of carboxylic acid groups (broad SMARTS) is 1. The fraction of sp³-hybridized carbons (Fsp3) is 0.476. The molecule has 1 heterocycles. The van der Waals surface area contributed by atoms with E-state index in [2.05, 4.69) is 10.6 Å². The number of rotatable bonds is 9. The lowest BCUT2D eigenvalue weighted by Crippen LogP contribution is -2.54. The lowest BCUT2D eigenvalue weighted by molar-refractivity contribution is -0.141. The van der Waals surface area contributed by atoms with Gasteiger partial charge in [0.25, 0.3) is 5.91 Å². The van der Waals surface area contributed by atoms with Crippen LogP contribution in [0.2, 0.25) is 0 Å². The van der Waals surface area contributed by atoms with E-state index in [0.29, 0.717) is 19.1 Å². The van der Waals surface area contributed by atoms with E-state index in [1.807, 2.05) is 0 Å². The number of benzene rings is 1. The molecule has 3 atom stereocenters. The molecule has 1 aromatic rings. The lowest BCUT2D eigenvalue weighted by Gasteiger charge is -2.28. The van der Waals surface area contributed by atoms with Crippen molar-refractivity contribution < 1.29 is 37.9 Å². The molecule has 0 saturated carbocycles. The van der Waals surface area contributed by atoms with Gasteiger partial charge >= 0.3 is 5.97 Å². The maximum absolute atomic E-state index is 14.2. The van der Waals surface area contributed by atoms with Gasteiger partial charge in [0.2, 0.25) is 11.8 Å². The molecule has 10 nitrogen and oxygen atoms in total. The Hall–Kier alpha value is -3.57. The Labute approximate surface area is 188 Å². The first kappa shape index (κ1) is 25.7. The van der Waals surface area contributed by atoms with E-state index >= 15 is 0 Å². The minimum absolute atomic E-state index is 0.211. The van der Waals surface area contributed by atoms with Crippen molar-refractivity contribution in [3.05, 3.63) is 29.3 Å². The van der Waals surface area contributed by atoms with Crippen molar-refractivity contribution in [2.45, 2.75) is 44.3 Å². The van der Waals surface area contributed by atoms with Crippen LogP contribution in [0.25, 0.3) is 0 Å². The SMILES string of the molecule is CC(NC(=O)c1cc(F)c(N(C)C)c(F)c1)C(=O)N1CCCC1C(=O)NC(C=O)CC(=O)O. The highest BCUT2D eigenvalue weighted by atomic mass is 19.1. The summed E-state index contributed by atoms with van der Waals surface area (Å²) in [5.41, 5.74) is -0.619. The number of amides is 3. The lowest BCUT2D eigenvalue weighted by atomic mass is 10.1. The molecule has 0 aromatic heterocycles. The van der Waals surface area contributed by atoms with Crippen LogP contribution in [0.5, 0.6) is 0 Å². The zero-order valence-corrected chi connectivity index (χ0v) is 18.4. The number of halogens is 2. The first-order valence-electron chi connectivity index (χ1n) is 10.2. The molecular formula is C21H26F2N4O6. The average molecular weight is 468 g/mol. The molecular weight excluding hydrogens is 442 g/mol. The molecule has 3 unspecified atom stereocenters. The topological polar surface area (TPSA) is 136 Å². The second kappa shape index (κ2) is 10.8. The quantitative estimate of drug-likeness (QED) is 0.444. The Balaban J connectivity index is 2.07. The molecule has 1 saturated heterocycles. The molecule has 0 spiro atoms. The molecule has 3 amide bonds. The van der Waals surface area contributed by atoms with Crippen molar-refractivity contribution in [2.75, 3.05) is 25.5 Å². The highest BCUT2D eigenvalue weighted by molar-refractivity contribution is 5.99. The van der Waals surface area contributed by atoms with E-state index in [1.165, 1.54) is 30.8 Å². The summed E-state index contributed by atoms with van der Waals surface area (Å²) in [5.74, 6) is -5.30. The first-order chi connectivity index (χ1) is 15.5. The van der Waals surface area contributed by atoms with Crippen molar-refractivity contribution in [3.8, 4) is 0 Å². The van der Waals surface area contributed by atoms with Gasteiger partial charge in [-0.05, 0) is 31.9 Å². The second-order valence-electron chi connectivity index (χ2n) is 7.92. The molecule has 180 valence electrons. The fourth-order valence-electron chi connectivity index (χ4n) is 3.62. The standard InChI is InChI=1S/C21H26F2N4O6/c1-11(24-19(31)12-7-14(22)18(26(2)3)15(23)8-12)21(33)27-6-4-5-16(27)20(32)25-13(10-28)9-17(29)30/h7-8,10-11,13,16H,4-6,9H2,1-3H3,(H,24,31)(H,25,32)(H,29,30). The van der Waals surface area contributed by atoms with E-state index in [4.69, 9.17) is 5.11 Å². The number of hydrogen-bond donors (Lipinski definition) is 3.